The number of ether oxygens (including phenoxy) is 2. The maximum atomic E-state index is 12.7. The van der Waals surface area contributed by atoms with E-state index in [1.54, 1.807) is 25.3 Å². The summed E-state index contributed by atoms with van der Waals surface area (Å²) in [5, 5.41) is 2.87. The van der Waals surface area contributed by atoms with Crippen molar-refractivity contribution in [3.05, 3.63) is 48.0 Å². The summed E-state index contributed by atoms with van der Waals surface area (Å²) < 4.78 is 11.4. The lowest BCUT2D eigenvalue weighted by molar-refractivity contribution is -0.122. The van der Waals surface area contributed by atoms with Crippen LogP contribution in [0.15, 0.2) is 42.5 Å². The quantitative estimate of drug-likeness (QED) is 0.679. The molecule has 0 spiro atoms. The van der Waals surface area contributed by atoms with E-state index in [0.717, 1.165) is 17.7 Å². The highest BCUT2D eigenvalue weighted by Crippen LogP contribution is 2.30. The molecule has 3 N–H and O–H groups in total. The molecule has 5 nitrogen and oxygen atoms in total. The van der Waals surface area contributed by atoms with Crippen LogP contribution < -0.4 is 20.5 Å². The van der Waals surface area contributed by atoms with Crippen LogP contribution >= 0.6 is 0 Å². The molecular weight excluding hydrogens is 328 g/mol. The van der Waals surface area contributed by atoms with Crippen molar-refractivity contribution in [1.29, 1.82) is 0 Å². The molecule has 0 aliphatic heterocycles. The van der Waals surface area contributed by atoms with Crippen molar-refractivity contribution in [1.82, 2.24) is 0 Å². The van der Waals surface area contributed by atoms with Gasteiger partial charge < -0.3 is 20.5 Å². The largest absolute Gasteiger partial charge is 0.495 e. The lowest BCUT2D eigenvalue weighted by Crippen LogP contribution is -2.32. The maximum Gasteiger partial charge on any atom is 0.265 e. The molecule has 2 aromatic carbocycles. The van der Waals surface area contributed by atoms with Gasteiger partial charge in [0, 0.05) is 5.69 Å². The number of rotatable bonds is 8. The summed E-state index contributed by atoms with van der Waals surface area (Å²) in [7, 11) is 1.55. The Hall–Kier alpha value is -2.69. The number of hydrogen-bond acceptors (Lipinski definition) is 4. The van der Waals surface area contributed by atoms with Crippen molar-refractivity contribution in [2.45, 2.75) is 45.6 Å². The smallest absolute Gasteiger partial charge is 0.265 e. The first-order valence-electron chi connectivity index (χ1n) is 9.00. The normalized spacial score (nSPS) is 12.9. The molecule has 26 heavy (non-hydrogen) atoms. The van der Waals surface area contributed by atoms with E-state index in [0.29, 0.717) is 29.5 Å². The molecule has 0 radical (unpaired) electrons. The van der Waals surface area contributed by atoms with E-state index in [9.17, 15) is 4.79 Å². The maximum absolute atomic E-state index is 12.7. The third-order valence-corrected chi connectivity index (χ3v) is 4.48. The molecule has 0 heterocycles. The standard InChI is InChI=1S/C21H28N2O3/c1-5-14(3)16-9-7-8-10-19(16)26-18(6-2)21(24)23-17-13-15(22)11-12-20(17)25-4/h7-14,18H,5-6,22H2,1-4H3,(H,23,24)/t14-,18-/m1/s1. The van der Waals surface area contributed by atoms with Crippen molar-refractivity contribution < 1.29 is 14.3 Å². The van der Waals surface area contributed by atoms with Crippen LogP contribution in [0.25, 0.3) is 0 Å². The molecule has 2 rings (SSSR count). The van der Waals surface area contributed by atoms with E-state index in [-0.39, 0.29) is 5.91 Å². The Morgan fingerprint density at radius 1 is 1.12 bits per heavy atom. The predicted molar refractivity (Wildman–Crippen MR) is 106 cm³/mol. The number of para-hydroxylation sites is 1. The number of anilines is 2. The highest BCUT2D eigenvalue weighted by atomic mass is 16.5. The minimum absolute atomic E-state index is 0.227. The molecule has 0 bridgehead atoms. The molecule has 140 valence electrons. The fourth-order valence-electron chi connectivity index (χ4n) is 2.73. The van der Waals surface area contributed by atoms with Crippen molar-refractivity contribution in [3.8, 4) is 11.5 Å². The van der Waals surface area contributed by atoms with Gasteiger partial charge in [0.1, 0.15) is 11.5 Å². The van der Waals surface area contributed by atoms with E-state index in [1.165, 1.54) is 0 Å². The molecule has 0 saturated heterocycles. The van der Waals surface area contributed by atoms with Gasteiger partial charge in [0.2, 0.25) is 0 Å². The zero-order valence-electron chi connectivity index (χ0n) is 15.9. The highest BCUT2D eigenvalue weighted by molar-refractivity contribution is 5.96. The van der Waals surface area contributed by atoms with Gasteiger partial charge in [-0.3, -0.25) is 4.79 Å². The van der Waals surface area contributed by atoms with Gasteiger partial charge in [-0.1, -0.05) is 39.0 Å². The van der Waals surface area contributed by atoms with E-state index in [4.69, 9.17) is 15.2 Å². The minimum atomic E-state index is -0.605. The fourth-order valence-corrected chi connectivity index (χ4v) is 2.73. The summed E-state index contributed by atoms with van der Waals surface area (Å²) in [6.07, 6.45) is 0.946. The minimum Gasteiger partial charge on any atom is -0.495 e. The van der Waals surface area contributed by atoms with Gasteiger partial charge in [-0.25, -0.2) is 0 Å². The predicted octanol–water partition coefficient (Wildman–Crippen LogP) is 4.59. The van der Waals surface area contributed by atoms with Gasteiger partial charge in [0.25, 0.3) is 5.91 Å². The molecule has 0 fully saturated rings. The van der Waals surface area contributed by atoms with Gasteiger partial charge >= 0.3 is 0 Å². The molecular formula is C21H28N2O3. The summed E-state index contributed by atoms with van der Waals surface area (Å²) in [5.74, 6) is 1.45. The van der Waals surface area contributed by atoms with Crippen LogP contribution in [0.2, 0.25) is 0 Å². The summed E-state index contributed by atoms with van der Waals surface area (Å²) in [6.45, 7) is 6.21. The summed E-state index contributed by atoms with van der Waals surface area (Å²) in [5.41, 5.74) is 8.02. The molecule has 1 amide bonds. The Balaban J connectivity index is 2.19. The van der Waals surface area contributed by atoms with E-state index in [2.05, 4.69) is 25.2 Å². The number of nitrogens with two attached hydrogens (primary N) is 1. The average molecular weight is 356 g/mol. The number of amides is 1. The number of methoxy groups -OCH3 is 1. The Labute approximate surface area is 155 Å². The monoisotopic (exact) mass is 356 g/mol. The molecule has 0 aliphatic rings. The summed E-state index contributed by atoms with van der Waals surface area (Å²) in [4.78, 5) is 12.7. The number of carbonyl (C=O) groups excluding carboxylic acids is 1. The third kappa shape index (κ3) is 4.69. The van der Waals surface area contributed by atoms with Crippen molar-refractivity contribution >= 4 is 17.3 Å². The Morgan fingerprint density at radius 3 is 2.50 bits per heavy atom. The van der Waals surface area contributed by atoms with E-state index < -0.39 is 6.10 Å². The summed E-state index contributed by atoms with van der Waals surface area (Å²) >= 11 is 0. The van der Waals surface area contributed by atoms with E-state index >= 15 is 0 Å². The topological polar surface area (TPSA) is 73.6 Å². The number of hydrogen-bond donors (Lipinski definition) is 2. The van der Waals surface area contributed by atoms with Crippen molar-refractivity contribution in [3.63, 3.8) is 0 Å². The van der Waals surface area contributed by atoms with Gasteiger partial charge in [0.15, 0.2) is 6.10 Å². The first-order chi connectivity index (χ1) is 12.5. The Kier molecular flexibility index (Phi) is 6.89. The van der Waals surface area contributed by atoms with Crippen LogP contribution in [-0.2, 0) is 4.79 Å². The molecule has 2 atom stereocenters. The zero-order chi connectivity index (χ0) is 19.1. The second-order valence-electron chi connectivity index (χ2n) is 6.31. The molecule has 0 aromatic heterocycles. The highest BCUT2D eigenvalue weighted by Gasteiger charge is 2.22. The first kappa shape index (κ1) is 19.6. The van der Waals surface area contributed by atoms with Gasteiger partial charge in [-0.2, -0.15) is 0 Å². The fraction of sp³-hybridized carbons (Fsp3) is 0.381. The third-order valence-electron chi connectivity index (χ3n) is 4.48. The second kappa shape index (κ2) is 9.13. The molecule has 0 aliphatic carbocycles. The van der Waals surface area contributed by atoms with Gasteiger partial charge in [-0.05, 0) is 48.6 Å². The van der Waals surface area contributed by atoms with Crippen LogP contribution in [-0.4, -0.2) is 19.1 Å². The number of nitrogens with one attached hydrogen (secondary N) is 1. The molecule has 5 heteroatoms. The van der Waals surface area contributed by atoms with Crippen LogP contribution in [0.4, 0.5) is 11.4 Å². The second-order valence-corrected chi connectivity index (χ2v) is 6.31. The van der Waals surface area contributed by atoms with Crippen molar-refractivity contribution in [2.75, 3.05) is 18.2 Å². The van der Waals surface area contributed by atoms with Crippen LogP contribution in [0.1, 0.15) is 45.1 Å². The number of nitrogen functional groups attached to an aromatic ring is 1. The van der Waals surface area contributed by atoms with Crippen LogP contribution in [0, 0.1) is 0 Å². The summed E-state index contributed by atoms with van der Waals surface area (Å²) in [6, 6.07) is 13.0. The lowest BCUT2D eigenvalue weighted by atomic mass is 9.98. The lowest BCUT2D eigenvalue weighted by Gasteiger charge is -2.22. The van der Waals surface area contributed by atoms with Crippen LogP contribution in [0.3, 0.4) is 0 Å². The molecule has 0 saturated carbocycles. The Bertz CT molecular complexity index is 746. The van der Waals surface area contributed by atoms with Gasteiger partial charge in [0.05, 0.1) is 12.8 Å². The number of carbonyl (C=O) groups is 1. The number of benzene rings is 2. The van der Waals surface area contributed by atoms with E-state index in [1.807, 2.05) is 25.1 Å². The van der Waals surface area contributed by atoms with Crippen molar-refractivity contribution in [2.24, 2.45) is 0 Å². The zero-order valence-corrected chi connectivity index (χ0v) is 15.9. The average Bonchev–Trinajstić information content (AvgIpc) is 2.65. The SMILES string of the molecule is CC[C@@H](C)c1ccccc1O[C@H](CC)C(=O)Nc1cc(N)ccc1OC. The van der Waals surface area contributed by atoms with Crippen LogP contribution in [0.5, 0.6) is 11.5 Å². The van der Waals surface area contributed by atoms with Gasteiger partial charge in [-0.15, -0.1) is 0 Å². The Morgan fingerprint density at radius 2 is 1.85 bits per heavy atom. The first-order valence-corrected chi connectivity index (χ1v) is 9.00. The molecule has 2 aromatic rings. The molecule has 0 unspecified atom stereocenters.